The number of benzene rings is 1. The topological polar surface area (TPSA) is 74.6 Å². The average Bonchev–Trinajstić information content (AvgIpc) is 2.03. The summed E-state index contributed by atoms with van der Waals surface area (Å²) in [5, 5.41) is 17.6. The summed E-state index contributed by atoms with van der Waals surface area (Å²) in [4.78, 5) is 10.4. The van der Waals surface area contributed by atoms with Crippen molar-refractivity contribution in [2.75, 3.05) is 5.75 Å². The first-order valence-corrected chi connectivity index (χ1v) is 4.81. The van der Waals surface area contributed by atoms with Crippen molar-refractivity contribution in [3.8, 4) is 5.75 Å². The van der Waals surface area contributed by atoms with Crippen molar-refractivity contribution in [2.24, 2.45) is 0 Å². The number of carboxylic acids is 1. The molecule has 2 N–H and O–H groups in total. The lowest BCUT2D eigenvalue weighted by Gasteiger charge is -2.00. The largest absolute Gasteiger partial charge is 0.507 e. The van der Waals surface area contributed by atoms with Crippen LogP contribution in [-0.2, 0) is 15.6 Å². The van der Waals surface area contributed by atoms with Gasteiger partial charge in [-0.2, -0.15) is 0 Å². The Hall–Kier alpha value is -1.36. The SMILES string of the molecule is O=C(O)CS(=O)c1ccccc1O. The highest BCUT2D eigenvalue weighted by Gasteiger charge is 2.11. The molecule has 4 nitrogen and oxygen atoms in total. The van der Waals surface area contributed by atoms with Gasteiger partial charge in [-0.3, -0.25) is 9.00 Å². The van der Waals surface area contributed by atoms with Crippen molar-refractivity contribution in [1.29, 1.82) is 0 Å². The molecule has 1 atom stereocenters. The van der Waals surface area contributed by atoms with Crippen molar-refractivity contribution in [3.05, 3.63) is 24.3 Å². The second kappa shape index (κ2) is 4.04. The van der Waals surface area contributed by atoms with E-state index in [-0.39, 0.29) is 10.6 Å². The molecule has 0 aromatic heterocycles. The Balaban J connectivity index is 2.89. The summed E-state index contributed by atoms with van der Waals surface area (Å²) in [5.41, 5.74) is 0. The molecule has 0 amide bonds. The van der Waals surface area contributed by atoms with E-state index < -0.39 is 22.5 Å². The highest BCUT2D eigenvalue weighted by molar-refractivity contribution is 7.85. The number of para-hydroxylation sites is 1. The maximum atomic E-state index is 11.2. The Labute approximate surface area is 77.3 Å². The minimum atomic E-state index is -1.67. The van der Waals surface area contributed by atoms with Crippen LogP contribution >= 0.6 is 0 Å². The van der Waals surface area contributed by atoms with Gasteiger partial charge in [0.2, 0.25) is 0 Å². The van der Waals surface area contributed by atoms with E-state index in [1.54, 1.807) is 12.1 Å². The maximum Gasteiger partial charge on any atom is 0.316 e. The minimum absolute atomic E-state index is 0.137. The molecule has 0 saturated carbocycles. The number of aromatic hydroxyl groups is 1. The van der Waals surface area contributed by atoms with Crippen LogP contribution in [0.3, 0.4) is 0 Å². The molecule has 13 heavy (non-hydrogen) atoms. The van der Waals surface area contributed by atoms with Gasteiger partial charge in [0.25, 0.3) is 0 Å². The van der Waals surface area contributed by atoms with Gasteiger partial charge in [0, 0.05) is 0 Å². The van der Waals surface area contributed by atoms with Crippen molar-refractivity contribution in [1.82, 2.24) is 0 Å². The van der Waals surface area contributed by atoms with Crippen LogP contribution in [0.15, 0.2) is 29.2 Å². The predicted octanol–water partition coefficient (Wildman–Crippen LogP) is 0.584. The van der Waals surface area contributed by atoms with Gasteiger partial charge in [0.1, 0.15) is 11.5 Å². The standard InChI is InChI=1S/C8H8O4S/c9-6-3-1-2-4-7(6)13(12)5-8(10)11/h1-4,9H,5H2,(H,10,11). The molecule has 1 aromatic rings. The molecule has 0 heterocycles. The normalized spacial score (nSPS) is 12.3. The number of aliphatic carboxylic acids is 1. The highest BCUT2D eigenvalue weighted by atomic mass is 32.2. The molecule has 0 radical (unpaired) electrons. The van der Waals surface area contributed by atoms with Crippen LogP contribution < -0.4 is 0 Å². The monoisotopic (exact) mass is 200 g/mol. The summed E-state index contributed by atoms with van der Waals surface area (Å²) in [6, 6.07) is 5.98. The Morgan fingerprint density at radius 3 is 2.54 bits per heavy atom. The van der Waals surface area contributed by atoms with Crippen molar-refractivity contribution in [3.63, 3.8) is 0 Å². The van der Waals surface area contributed by atoms with Gasteiger partial charge in [-0.05, 0) is 12.1 Å². The lowest BCUT2D eigenvalue weighted by Crippen LogP contribution is -2.09. The van der Waals surface area contributed by atoms with Crippen LogP contribution in [0.5, 0.6) is 5.75 Å². The van der Waals surface area contributed by atoms with Crippen molar-refractivity contribution < 1.29 is 19.2 Å². The molecule has 0 aliphatic rings. The predicted molar refractivity (Wildman–Crippen MR) is 47.0 cm³/mol. The van der Waals surface area contributed by atoms with Crippen LogP contribution in [0, 0.1) is 0 Å². The van der Waals surface area contributed by atoms with Crippen LogP contribution in [0.4, 0.5) is 0 Å². The molecule has 0 aliphatic heterocycles. The number of phenolic OH excluding ortho intramolecular Hbond substituents is 1. The van der Waals surface area contributed by atoms with Gasteiger partial charge in [0.15, 0.2) is 0 Å². The van der Waals surface area contributed by atoms with Gasteiger partial charge >= 0.3 is 5.97 Å². The molecule has 5 heteroatoms. The van der Waals surface area contributed by atoms with E-state index in [2.05, 4.69) is 0 Å². The van der Waals surface area contributed by atoms with Gasteiger partial charge in [-0.1, -0.05) is 12.1 Å². The fourth-order valence-electron chi connectivity index (χ4n) is 0.840. The quantitative estimate of drug-likeness (QED) is 0.748. The van der Waals surface area contributed by atoms with Gasteiger partial charge < -0.3 is 10.2 Å². The molecule has 0 aliphatic carbocycles. The number of hydrogen-bond donors (Lipinski definition) is 2. The Morgan fingerprint density at radius 1 is 1.38 bits per heavy atom. The zero-order chi connectivity index (χ0) is 9.84. The van der Waals surface area contributed by atoms with E-state index in [0.29, 0.717) is 0 Å². The number of rotatable bonds is 3. The summed E-state index contributed by atoms with van der Waals surface area (Å²) >= 11 is 0. The van der Waals surface area contributed by atoms with E-state index in [4.69, 9.17) is 5.11 Å². The first kappa shape index (κ1) is 9.73. The zero-order valence-corrected chi connectivity index (χ0v) is 7.45. The third-order valence-corrected chi connectivity index (χ3v) is 2.71. The number of hydrogen-bond acceptors (Lipinski definition) is 3. The summed E-state index contributed by atoms with van der Waals surface area (Å²) in [7, 11) is -1.67. The number of carboxylic acid groups (broad SMARTS) is 1. The van der Waals surface area contributed by atoms with Crippen LogP contribution in [0.2, 0.25) is 0 Å². The second-order valence-corrected chi connectivity index (χ2v) is 3.77. The first-order valence-electron chi connectivity index (χ1n) is 3.49. The summed E-state index contributed by atoms with van der Waals surface area (Å²) in [6.07, 6.45) is 0. The molecule has 70 valence electrons. The molecular formula is C8H8O4S. The third-order valence-electron chi connectivity index (χ3n) is 1.37. The minimum Gasteiger partial charge on any atom is -0.507 e. The molecule has 0 saturated heterocycles. The van der Waals surface area contributed by atoms with Gasteiger partial charge in [0.05, 0.1) is 15.7 Å². The summed E-state index contributed by atoms with van der Waals surface area (Å²) < 4.78 is 11.2. The van der Waals surface area contributed by atoms with Crippen LogP contribution in [0.25, 0.3) is 0 Å². The Morgan fingerprint density at radius 2 is 2.00 bits per heavy atom. The molecule has 1 unspecified atom stereocenters. The van der Waals surface area contributed by atoms with Gasteiger partial charge in [-0.25, -0.2) is 0 Å². The average molecular weight is 200 g/mol. The third kappa shape index (κ3) is 2.55. The Kier molecular flexibility index (Phi) is 3.02. The zero-order valence-electron chi connectivity index (χ0n) is 6.64. The molecule has 1 aromatic carbocycles. The maximum absolute atomic E-state index is 11.2. The molecule has 1 rings (SSSR count). The fraction of sp³-hybridized carbons (Fsp3) is 0.125. The van der Waals surface area contributed by atoms with Gasteiger partial charge in [-0.15, -0.1) is 0 Å². The van der Waals surface area contributed by atoms with E-state index in [1.165, 1.54) is 12.1 Å². The first-order chi connectivity index (χ1) is 6.11. The van der Waals surface area contributed by atoms with E-state index >= 15 is 0 Å². The van der Waals surface area contributed by atoms with Crippen LogP contribution in [-0.4, -0.2) is 26.1 Å². The highest BCUT2D eigenvalue weighted by Crippen LogP contribution is 2.19. The lowest BCUT2D eigenvalue weighted by molar-refractivity contribution is -0.133. The number of phenols is 1. The van der Waals surface area contributed by atoms with Crippen molar-refractivity contribution in [2.45, 2.75) is 4.90 Å². The van der Waals surface area contributed by atoms with E-state index in [0.717, 1.165) is 0 Å². The van der Waals surface area contributed by atoms with E-state index in [1.807, 2.05) is 0 Å². The summed E-state index contributed by atoms with van der Waals surface area (Å²) in [6.45, 7) is 0. The molecule has 0 spiro atoms. The lowest BCUT2D eigenvalue weighted by atomic mass is 10.3. The molecule has 0 bridgehead atoms. The molecule has 0 fully saturated rings. The fourth-order valence-corrected chi connectivity index (χ4v) is 1.75. The van der Waals surface area contributed by atoms with Crippen LogP contribution in [0.1, 0.15) is 0 Å². The summed E-state index contributed by atoms with van der Waals surface area (Å²) in [5.74, 6) is -1.78. The Bertz CT molecular complexity index is 348. The van der Waals surface area contributed by atoms with E-state index in [9.17, 15) is 14.1 Å². The second-order valence-electron chi connectivity index (χ2n) is 2.35. The number of carbonyl (C=O) groups is 1. The van der Waals surface area contributed by atoms with Crippen molar-refractivity contribution >= 4 is 16.8 Å². The smallest absolute Gasteiger partial charge is 0.316 e. The molecular weight excluding hydrogens is 192 g/mol.